The maximum Gasteiger partial charge on any atom is 0.257 e. The van der Waals surface area contributed by atoms with Crippen molar-refractivity contribution in [3.63, 3.8) is 0 Å². The van der Waals surface area contributed by atoms with Crippen LogP contribution in [-0.4, -0.2) is 46.7 Å². The van der Waals surface area contributed by atoms with E-state index in [4.69, 9.17) is 9.47 Å². The Bertz CT molecular complexity index is 964. The van der Waals surface area contributed by atoms with Crippen LogP contribution in [0.5, 0.6) is 11.6 Å². The zero-order chi connectivity index (χ0) is 18.1. The maximum atomic E-state index is 12.9. The number of amides is 1. The summed E-state index contributed by atoms with van der Waals surface area (Å²) in [7, 11) is 1.92. The number of aromatic nitrogens is 2. The summed E-state index contributed by atoms with van der Waals surface area (Å²) < 4.78 is 14.2. The molecule has 1 saturated heterocycles. The highest BCUT2D eigenvalue weighted by molar-refractivity contribution is 9.10. The van der Waals surface area contributed by atoms with E-state index in [1.165, 1.54) is 0 Å². The van der Waals surface area contributed by atoms with Gasteiger partial charge in [0, 0.05) is 37.0 Å². The fourth-order valence-electron chi connectivity index (χ4n) is 3.11. The lowest BCUT2D eigenvalue weighted by Crippen LogP contribution is -2.40. The normalized spacial score (nSPS) is 14.6. The number of halogens is 1. The van der Waals surface area contributed by atoms with Crippen molar-refractivity contribution < 1.29 is 14.3 Å². The summed E-state index contributed by atoms with van der Waals surface area (Å²) in [6, 6.07) is 9.50. The third-order valence-corrected chi connectivity index (χ3v) is 4.90. The summed E-state index contributed by atoms with van der Waals surface area (Å²) in [4.78, 5) is 19.2. The van der Waals surface area contributed by atoms with Crippen molar-refractivity contribution in [2.24, 2.45) is 7.05 Å². The Hall–Kier alpha value is -2.38. The largest absolute Gasteiger partial charge is 0.438 e. The van der Waals surface area contributed by atoms with E-state index in [0.717, 1.165) is 15.4 Å². The number of rotatable bonds is 3. The number of nitrogens with zero attached hydrogens (tertiary/aromatic N) is 3. The molecule has 134 valence electrons. The second-order valence-corrected chi connectivity index (χ2v) is 7.05. The number of benzene rings is 1. The van der Waals surface area contributed by atoms with Crippen molar-refractivity contribution in [3.8, 4) is 11.6 Å². The first kappa shape index (κ1) is 17.1. The lowest BCUT2D eigenvalue weighted by molar-refractivity contribution is 0.0303. The predicted octanol–water partition coefficient (Wildman–Crippen LogP) is 3.60. The van der Waals surface area contributed by atoms with Crippen LogP contribution in [-0.2, 0) is 11.8 Å². The topological polar surface area (TPSA) is 56.6 Å². The molecular weight excluding hydrogens is 398 g/mol. The third kappa shape index (κ3) is 3.20. The van der Waals surface area contributed by atoms with E-state index < -0.39 is 0 Å². The van der Waals surface area contributed by atoms with Crippen molar-refractivity contribution in [2.45, 2.75) is 0 Å². The number of ether oxygens (including phenoxy) is 2. The molecule has 2 aromatic heterocycles. The van der Waals surface area contributed by atoms with Gasteiger partial charge in [-0.25, -0.2) is 4.98 Å². The van der Waals surface area contributed by atoms with E-state index in [9.17, 15) is 4.79 Å². The summed E-state index contributed by atoms with van der Waals surface area (Å²) in [6.45, 7) is 2.33. The van der Waals surface area contributed by atoms with Gasteiger partial charge in [0.05, 0.1) is 29.7 Å². The molecule has 0 radical (unpaired) electrons. The minimum Gasteiger partial charge on any atom is -0.438 e. The molecule has 1 aliphatic heterocycles. The fraction of sp³-hybridized carbons (Fsp3) is 0.263. The van der Waals surface area contributed by atoms with Crippen LogP contribution < -0.4 is 4.74 Å². The summed E-state index contributed by atoms with van der Waals surface area (Å²) >= 11 is 3.44. The number of carbonyl (C=O) groups excluding carboxylic acids is 1. The van der Waals surface area contributed by atoms with Gasteiger partial charge in [0.2, 0.25) is 5.88 Å². The van der Waals surface area contributed by atoms with Crippen LogP contribution in [0.2, 0.25) is 0 Å². The molecular formula is C19H18BrN3O3. The van der Waals surface area contributed by atoms with Gasteiger partial charge in [-0.2, -0.15) is 0 Å². The molecule has 0 atom stereocenters. The molecule has 6 nitrogen and oxygen atoms in total. The number of carbonyl (C=O) groups is 1. The van der Waals surface area contributed by atoms with Crippen LogP contribution >= 0.6 is 15.9 Å². The minimum absolute atomic E-state index is 0.0263. The fourth-order valence-corrected chi connectivity index (χ4v) is 3.49. The molecule has 4 rings (SSSR count). The third-order valence-electron chi connectivity index (χ3n) is 4.41. The van der Waals surface area contributed by atoms with Gasteiger partial charge in [-0.15, -0.1) is 0 Å². The molecule has 0 aliphatic carbocycles. The van der Waals surface area contributed by atoms with Crippen molar-refractivity contribution in [1.29, 1.82) is 0 Å². The zero-order valence-electron chi connectivity index (χ0n) is 14.3. The second-order valence-electron chi connectivity index (χ2n) is 6.13. The molecule has 0 spiro atoms. The van der Waals surface area contributed by atoms with Gasteiger partial charge in [0.25, 0.3) is 5.91 Å². The maximum absolute atomic E-state index is 12.9. The zero-order valence-corrected chi connectivity index (χ0v) is 15.9. The Kier molecular flexibility index (Phi) is 4.65. The Morgan fingerprint density at radius 2 is 2.08 bits per heavy atom. The highest BCUT2D eigenvalue weighted by Gasteiger charge is 2.23. The highest BCUT2D eigenvalue weighted by Crippen LogP contribution is 2.32. The first-order chi connectivity index (χ1) is 12.6. The van der Waals surface area contributed by atoms with Crippen molar-refractivity contribution in [2.75, 3.05) is 26.3 Å². The molecule has 7 heteroatoms. The number of aryl methyl sites for hydroxylation is 1. The van der Waals surface area contributed by atoms with E-state index >= 15 is 0 Å². The Morgan fingerprint density at radius 1 is 1.27 bits per heavy atom. The van der Waals surface area contributed by atoms with Gasteiger partial charge in [0.1, 0.15) is 5.75 Å². The average Bonchev–Trinajstić information content (AvgIpc) is 3.05. The number of morpholine rings is 1. The van der Waals surface area contributed by atoms with Crippen molar-refractivity contribution in [1.82, 2.24) is 14.5 Å². The van der Waals surface area contributed by atoms with Gasteiger partial charge in [-0.3, -0.25) is 4.79 Å². The van der Waals surface area contributed by atoms with Gasteiger partial charge in [-0.1, -0.05) is 22.0 Å². The SMILES string of the molecule is Cn1ccc2c(Oc3cccc(Br)c3)ncc(C(=O)N3CCOCC3)c21. The van der Waals surface area contributed by atoms with Crippen LogP contribution in [0.15, 0.2) is 47.2 Å². The van der Waals surface area contributed by atoms with E-state index in [-0.39, 0.29) is 5.91 Å². The van der Waals surface area contributed by atoms with Crippen LogP contribution in [0.25, 0.3) is 10.9 Å². The molecule has 3 aromatic rings. The Morgan fingerprint density at radius 3 is 2.85 bits per heavy atom. The molecule has 1 fully saturated rings. The molecule has 3 heterocycles. The monoisotopic (exact) mass is 415 g/mol. The number of hydrogen-bond donors (Lipinski definition) is 0. The molecule has 0 saturated carbocycles. The van der Waals surface area contributed by atoms with E-state index in [0.29, 0.717) is 43.5 Å². The first-order valence-electron chi connectivity index (χ1n) is 8.38. The van der Waals surface area contributed by atoms with Gasteiger partial charge in [-0.05, 0) is 24.3 Å². The van der Waals surface area contributed by atoms with Gasteiger partial charge < -0.3 is 18.9 Å². The Labute approximate surface area is 159 Å². The average molecular weight is 416 g/mol. The highest BCUT2D eigenvalue weighted by atomic mass is 79.9. The van der Waals surface area contributed by atoms with Crippen LogP contribution in [0.3, 0.4) is 0 Å². The molecule has 0 N–H and O–H groups in total. The molecule has 1 aromatic carbocycles. The molecule has 1 aliphatic rings. The molecule has 0 unspecified atom stereocenters. The number of pyridine rings is 1. The molecule has 26 heavy (non-hydrogen) atoms. The number of fused-ring (bicyclic) bond motifs is 1. The quantitative estimate of drug-likeness (QED) is 0.655. The van der Waals surface area contributed by atoms with Crippen molar-refractivity contribution in [3.05, 3.63) is 52.8 Å². The Balaban J connectivity index is 1.73. The van der Waals surface area contributed by atoms with Crippen molar-refractivity contribution >= 4 is 32.7 Å². The summed E-state index contributed by atoms with van der Waals surface area (Å²) in [5.74, 6) is 1.14. The molecule has 1 amide bonds. The van der Waals surface area contributed by atoms with E-state index in [1.807, 2.05) is 53.0 Å². The van der Waals surface area contributed by atoms with E-state index in [1.54, 1.807) is 6.20 Å². The smallest absolute Gasteiger partial charge is 0.257 e. The minimum atomic E-state index is -0.0263. The lowest BCUT2D eigenvalue weighted by atomic mass is 10.1. The van der Waals surface area contributed by atoms with Gasteiger partial charge in [0.15, 0.2) is 0 Å². The second kappa shape index (κ2) is 7.09. The van der Waals surface area contributed by atoms with E-state index in [2.05, 4.69) is 20.9 Å². The predicted molar refractivity (Wildman–Crippen MR) is 102 cm³/mol. The molecule has 0 bridgehead atoms. The van der Waals surface area contributed by atoms with Crippen LogP contribution in [0, 0.1) is 0 Å². The van der Waals surface area contributed by atoms with Crippen LogP contribution in [0.1, 0.15) is 10.4 Å². The van der Waals surface area contributed by atoms with Crippen LogP contribution in [0.4, 0.5) is 0 Å². The summed E-state index contributed by atoms with van der Waals surface area (Å²) in [5.41, 5.74) is 1.40. The lowest BCUT2D eigenvalue weighted by Gasteiger charge is -2.27. The van der Waals surface area contributed by atoms with Gasteiger partial charge >= 0.3 is 0 Å². The number of hydrogen-bond acceptors (Lipinski definition) is 4. The summed E-state index contributed by atoms with van der Waals surface area (Å²) in [5, 5.41) is 0.812. The first-order valence-corrected chi connectivity index (χ1v) is 9.17. The standard InChI is InChI=1S/C19H18BrN3O3/c1-22-6-5-15-17(22)16(19(24)23-7-9-25-10-8-23)12-21-18(15)26-14-4-2-3-13(20)11-14/h2-6,11-12H,7-10H2,1H3. The summed E-state index contributed by atoms with van der Waals surface area (Å²) in [6.07, 6.45) is 3.52.